The van der Waals surface area contributed by atoms with Gasteiger partial charge in [-0.1, -0.05) is 6.07 Å². The van der Waals surface area contributed by atoms with Gasteiger partial charge in [-0.2, -0.15) is 0 Å². The molecule has 3 heterocycles. The third-order valence-electron chi connectivity index (χ3n) is 5.37. The van der Waals surface area contributed by atoms with Gasteiger partial charge in [0, 0.05) is 44.2 Å². The van der Waals surface area contributed by atoms with Crippen LogP contribution in [0, 0.1) is 5.92 Å². The molecule has 0 N–H and O–H groups in total. The molecular weight excluding hydrogens is 330 g/mol. The first-order chi connectivity index (χ1) is 11.9. The highest BCUT2D eigenvalue weighted by molar-refractivity contribution is 5.81. The molecule has 1 saturated carbocycles. The standard InChI is InChI=1S/C18H22F2N2O3/c19-18(20)6-14(7-18)16(23)22-11-17(12-22)8-15(3-5-25-17)24-10-13-2-1-4-21-9-13/h1-2,4,9,14-15H,3,5-8,10-12H2. The molecule has 4 rings (SSSR count). The summed E-state index contributed by atoms with van der Waals surface area (Å²) in [4.78, 5) is 17.9. The predicted octanol–water partition coefficient (Wildman–Crippen LogP) is 2.40. The van der Waals surface area contributed by atoms with Crippen LogP contribution in [0.5, 0.6) is 0 Å². The maximum atomic E-state index is 12.9. The van der Waals surface area contributed by atoms with Crippen LogP contribution in [-0.4, -0.2) is 53.1 Å². The van der Waals surface area contributed by atoms with E-state index in [0.717, 1.165) is 18.4 Å². The molecule has 1 aromatic rings. The number of aromatic nitrogens is 1. The van der Waals surface area contributed by atoms with Crippen LogP contribution in [0.25, 0.3) is 0 Å². The maximum Gasteiger partial charge on any atom is 0.249 e. The van der Waals surface area contributed by atoms with E-state index in [1.807, 2.05) is 12.1 Å². The summed E-state index contributed by atoms with van der Waals surface area (Å²) in [6, 6.07) is 3.85. The first kappa shape index (κ1) is 16.8. The lowest BCUT2D eigenvalue weighted by molar-refractivity contribution is -0.211. The summed E-state index contributed by atoms with van der Waals surface area (Å²) in [6.07, 6.45) is 4.53. The second-order valence-electron chi connectivity index (χ2n) is 7.47. The summed E-state index contributed by atoms with van der Waals surface area (Å²) >= 11 is 0. The van der Waals surface area contributed by atoms with Crippen LogP contribution >= 0.6 is 0 Å². The van der Waals surface area contributed by atoms with Gasteiger partial charge in [-0.25, -0.2) is 8.78 Å². The van der Waals surface area contributed by atoms with Crippen molar-refractivity contribution in [3.63, 3.8) is 0 Å². The number of likely N-dealkylation sites (tertiary alicyclic amines) is 1. The normalized spacial score (nSPS) is 27.6. The summed E-state index contributed by atoms with van der Waals surface area (Å²) in [5.74, 6) is -3.33. The number of amides is 1. The van der Waals surface area contributed by atoms with Gasteiger partial charge in [0.2, 0.25) is 11.8 Å². The molecule has 1 aliphatic carbocycles. The van der Waals surface area contributed by atoms with E-state index in [-0.39, 0.29) is 30.5 Å². The number of halogens is 2. The van der Waals surface area contributed by atoms with Crippen molar-refractivity contribution in [1.82, 2.24) is 9.88 Å². The van der Waals surface area contributed by atoms with Crippen molar-refractivity contribution >= 4 is 5.91 Å². The van der Waals surface area contributed by atoms with Gasteiger partial charge >= 0.3 is 0 Å². The van der Waals surface area contributed by atoms with Crippen LogP contribution in [0.15, 0.2) is 24.5 Å². The van der Waals surface area contributed by atoms with E-state index in [2.05, 4.69) is 4.98 Å². The molecule has 3 fully saturated rings. The molecule has 5 nitrogen and oxygen atoms in total. The Hall–Kier alpha value is -1.60. The van der Waals surface area contributed by atoms with Crippen LogP contribution in [0.3, 0.4) is 0 Å². The van der Waals surface area contributed by atoms with Crippen molar-refractivity contribution in [3.8, 4) is 0 Å². The van der Waals surface area contributed by atoms with Gasteiger partial charge in [0.1, 0.15) is 5.60 Å². The third-order valence-corrected chi connectivity index (χ3v) is 5.37. The monoisotopic (exact) mass is 352 g/mol. The van der Waals surface area contributed by atoms with E-state index in [1.54, 1.807) is 17.3 Å². The number of hydrogen-bond acceptors (Lipinski definition) is 4. The average Bonchev–Trinajstić information content (AvgIpc) is 2.56. The molecule has 0 bridgehead atoms. The van der Waals surface area contributed by atoms with Gasteiger partial charge in [0.05, 0.1) is 25.8 Å². The number of carbonyl (C=O) groups excluding carboxylic acids is 1. The predicted molar refractivity (Wildman–Crippen MR) is 85.0 cm³/mol. The molecule has 136 valence electrons. The molecule has 1 spiro atoms. The number of hydrogen-bond donors (Lipinski definition) is 0. The van der Waals surface area contributed by atoms with Crippen molar-refractivity contribution < 1.29 is 23.0 Å². The second-order valence-corrected chi connectivity index (χ2v) is 7.47. The van der Waals surface area contributed by atoms with Gasteiger partial charge in [-0.05, 0) is 18.1 Å². The quantitative estimate of drug-likeness (QED) is 0.835. The van der Waals surface area contributed by atoms with Gasteiger partial charge in [-0.3, -0.25) is 9.78 Å². The van der Waals surface area contributed by atoms with E-state index < -0.39 is 11.8 Å². The fourth-order valence-electron chi connectivity index (χ4n) is 3.94. The number of pyridine rings is 1. The molecule has 1 amide bonds. The van der Waals surface area contributed by atoms with Crippen LogP contribution in [0.1, 0.15) is 31.2 Å². The second kappa shape index (κ2) is 6.29. The molecule has 2 aliphatic heterocycles. The van der Waals surface area contributed by atoms with Crippen molar-refractivity contribution in [2.45, 2.75) is 49.9 Å². The Labute approximate surface area is 145 Å². The topological polar surface area (TPSA) is 51.7 Å². The Bertz CT molecular complexity index is 626. The fourth-order valence-corrected chi connectivity index (χ4v) is 3.94. The number of rotatable bonds is 4. The Morgan fingerprint density at radius 3 is 2.84 bits per heavy atom. The van der Waals surface area contributed by atoms with E-state index >= 15 is 0 Å². The summed E-state index contributed by atoms with van der Waals surface area (Å²) < 4.78 is 37.8. The van der Waals surface area contributed by atoms with E-state index in [0.29, 0.717) is 26.3 Å². The Morgan fingerprint density at radius 1 is 1.36 bits per heavy atom. The first-order valence-electron chi connectivity index (χ1n) is 8.76. The third kappa shape index (κ3) is 3.53. The van der Waals surface area contributed by atoms with E-state index in [9.17, 15) is 13.6 Å². The van der Waals surface area contributed by atoms with Gasteiger partial charge < -0.3 is 14.4 Å². The van der Waals surface area contributed by atoms with E-state index in [1.165, 1.54) is 0 Å². The lowest BCUT2D eigenvalue weighted by atomic mass is 9.77. The molecule has 3 aliphatic rings. The Balaban J connectivity index is 1.26. The molecule has 7 heteroatoms. The lowest BCUT2D eigenvalue weighted by Crippen LogP contribution is -2.68. The molecule has 0 radical (unpaired) electrons. The maximum absolute atomic E-state index is 12.9. The minimum Gasteiger partial charge on any atom is -0.373 e. The van der Waals surface area contributed by atoms with Crippen molar-refractivity contribution in [1.29, 1.82) is 0 Å². The summed E-state index contributed by atoms with van der Waals surface area (Å²) in [6.45, 7) is 2.08. The van der Waals surface area contributed by atoms with Crippen molar-refractivity contribution in [2.24, 2.45) is 5.92 Å². The smallest absolute Gasteiger partial charge is 0.249 e. The highest BCUT2D eigenvalue weighted by Gasteiger charge is 2.55. The van der Waals surface area contributed by atoms with Crippen LogP contribution in [0.4, 0.5) is 8.78 Å². The number of carbonyl (C=O) groups is 1. The highest BCUT2D eigenvalue weighted by atomic mass is 19.3. The summed E-state index contributed by atoms with van der Waals surface area (Å²) in [5, 5.41) is 0. The number of nitrogens with zero attached hydrogens (tertiary/aromatic N) is 2. The molecule has 0 aromatic carbocycles. The first-order valence-corrected chi connectivity index (χ1v) is 8.76. The van der Waals surface area contributed by atoms with Crippen molar-refractivity contribution in [3.05, 3.63) is 30.1 Å². The fraction of sp³-hybridized carbons (Fsp3) is 0.667. The minimum atomic E-state index is -2.66. The van der Waals surface area contributed by atoms with Crippen LogP contribution in [0.2, 0.25) is 0 Å². The van der Waals surface area contributed by atoms with Crippen LogP contribution in [-0.2, 0) is 20.9 Å². The van der Waals surface area contributed by atoms with Gasteiger partial charge in [-0.15, -0.1) is 0 Å². The van der Waals surface area contributed by atoms with E-state index in [4.69, 9.17) is 9.47 Å². The summed E-state index contributed by atoms with van der Waals surface area (Å²) in [5.41, 5.74) is 0.666. The molecular formula is C18H22F2N2O3. The largest absolute Gasteiger partial charge is 0.373 e. The number of alkyl halides is 2. The average molecular weight is 352 g/mol. The summed E-state index contributed by atoms with van der Waals surface area (Å²) in [7, 11) is 0. The molecule has 1 unspecified atom stereocenters. The molecule has 2 saturated heterocycles. The highest BCUT2D eigenvalue weighted by Crippen LogP contribution is 2.45. The lowest BCUT2D eigenvalue weighted by Gasteiger charge is -2.54. The van der Waals surface area contributed by atoms with Gasteiger partial charge in [0.25, 0.3) is 0 Å². The van der Waals surface area contributed by atoms with Crippen molar-refractivity contribution in [2.75, 3.05) is 19.7 Å². The van der Waals surface area contributed by atoms with Crippen LogP contribution < -0.4 is 0 Å². The molecule has 25 heavy (non-hydrogen) atoms. The number of ether oxygens (including phenoxy) is 2. The SMILES string of the molecule is O=C(C1CC(F)(F)C1)N1CC2(CC(OCc3cccnc3)CCO2)C1. The zero-order valence-electron chi connectivity index (χ0n) is 14.0. The Kier molecular flexibility index (Phi) is 4.24. The van der Waals surface area contributed by atoms with Gasteiger partial charge in [0.15, 0.2) is 0 Å². The molecule has 1 atom stereocenters. The zero-order valence-corrected chi connectivity index (χ0v) is 14.0. The molecule has 1 aromatic heterocycles. The minimum absolute atomic E-state index is 0.0826. The zero-order chi connectivity index (χ0) is 17.5. The Morgan fingerprint density at radius 2 is 2.16 bits per heavy atom.